The second-order valence-electron chi connectivity index (χ2n) is 3.78. The molecule has 0 saturated carbocycles. The summed E-state index contributed by atoms with van der Waals surface area (Å²) >= 11 is 1.92. The van der Waals surface area contributed by atoms with Crippen molar-refractivity contribution in [2.45, 2.75) is 25.7 Å². The zero-order chi connectivity index (χ0) is 9.10. The van der Waals surface area contributed by atoms with Gasteiger partial charge in [0.1, 0.15) is 0 Å². The van der Waals surface area contributed by atoms with Crippen LogP contribution in [-0.2, 0) is 0 Å². The number of thiophene rings is 1. The zero-order valence-corrected chi connectivity index (χ0v) is 8.94. The number of nitrogens with one attached hydrogen (secondary N) is 1. The van der Waals surface area contributed by atoms with Gasteiger partial charge < -0.3 is 5.32 Å². The van der Waals surface area contributed by atoms with Gasteiger partial charge in [-0.15, -0.1) is 11.3 Å². The van der Waals surface area contributed by atoms with Gasteiger partial charge in [0, 0.05) is 4.88 Å². The van der Waals surface area contributed by atoms with Gasteiger partial charge in [0.15, 0.2) is 0 Å². The first-order chi connectivity index (χ1) is 6.42. The van der Waals surface area contributed by atoms with Crippen LogP contribution in [0.1, 0.15) is 30.6 Å². The molecule has 1 aliphatic rings. The molecule has 2 rings (SSSR count). The van der Waals surface area contributed by atoms with E-state index >= 15 is 0 Å². The molecule has 0 radical (unpaired) electrons. The summed E-state index contributed by atoms with van der Waals surface area (Å²) < 4.78 is 0. The maximum atomic E-state index is 3.48. The summed E-state index contributed by atoms with van der Waals surface area (Å²) in [5.41, 5.74) is 0. The molecule has 13 heavy (non-hydrogen) atoms. The van der Waals surface area contributed by atoms with Crippen LogP contribution in [0.25, 0.3) is 0 Å². The minimum absolute atomic E-state index is 0.825. The highest BCUT2D eigenvalue weighted by Gasteiger charge is 2.25. The molecule has 1 N–H and O–H groups in total. The van der Waals surface area contributed by atoms with Crippen LogP contribution >= 0.6 is 11.3 Å². The maximum Gasteiger partial charge on any atom is 0.00799 e. The minimum Gasteiger partial charge on any atom is -0.316 e. The van der Waals surface area contributed by atoms with Crippen molar-refractivity contribution in [2.75, 3.05) is 13.1 Å². The average molecular weight is 195 g/mol. The predicted octanol–water partition coefficient (Wildman–Crippen LogP) is 2.85. The molecule has 2 unspecified atom stereocenters. The van der Waals surface area contributed by atoms with Crippen LogP contribution in [0.4, 0.5) is 0 Å². The van der Waals surface area contributed by atoms with E-state index in [1.54, 1.807) is 4.88 Å². The van der Waals surface area contributed by atoms with E-state index in [0.717, 1.165) is 11.8 Å². The molecule has 2 heteroatoms. The SMILES string of the molecule is CCC1CNCCC1c1cccs1. The molecular formula is C11H17NS. The summed E-state index contributed by atoms with van der Waals surface area (Å²) in [6.07, 6.45) is 2.62. The van der Waals surface area contributed by atoms with E-state index in [1.165, 1.54) is 25.9 Å². The van der Waals surface area contributed by atoms with Gasteiger partial charge in [-0.05, 0) is 42.8 Å². The van der Waals surface area contributed by atoms with Gasteiger partial charge in [-0.25, -0.2) is 0 Å². The number of hydrogen-bond acceptors (Lipinski definition) is 2. The molecule has 0 aromatic carbocycles. The quantitative estimate of drug-likeness (QED) is 0.765. The number of piperidine rings is 1. The highest BCUT2D eigenvalue weighted by atomic mass is 32.1. The third-order valence-corrected chi connectivity index (χ3v) is 4.04. The Morgan fingerprint density at radius 2 is 2.54 bits per heavy atom. The molecule has 1 aromatic rings. The Labute approximate surface area is 84.2 Å². The summed E-state index contributed by atoms with van der Waals surface area (Å²) in [6.45, 7) is 4.70. The van der Waals surface area contributed by atoms with E-state index < -0.39 is 0 Å². The van der Waals surface area contributed by atoms with Crippen molar-refractivity contribution >= 4 is 11.3 Å². The monoisotopic (exact) mass is 195 g/mol. The van der Waals surface area contributed by atoms with E-state index in [2.05, 4.69) is 29.8 Å². The fraction of sp³-hybridized carbons (Fsp3) is 0.636. The van der Waals surface area contributed by atoms with Crippen LogP contribution in [-0.4, -0.2) is 13.1 Å². The lowest BCUT2D eigenvalue weighted by Gasteiger charge is -2.30. The van der Waals surface area contributed by atoms with Crippen molar-refractivity contribution < 1.29 is 0 Å². The van der Waals surface area contributed by atoms with Crippen LogP contribution in [0, 0.1) is 5.92 Å². The second-order valence-corrected chi connectivity index (χ2v) is 4.76. The largest absolute Gasteiger partial charge is 0.316 e. The first kappa shape index (κ1) is 9.22. The lowest BCUT2D eigenvalue weighted by molar-refractivity contribution is 0.321. The first-order valence-corrected chi connectivity index (χ1v) is 6.04. The van der Waals surface area contributed by atoms with Gasteiger partial charge in [0.05, 0.1) is 0 Å². The molecule has 1 aliphatic heterocycles. The normalized spacial score (nSPS) is 29.0. The summed E-state index contributed by atoms with van der Waals surface area (Å²) in [7, 11) is 0. The van der Waals surface area contributed by atoms with Gasteiger partial charge >= 0.3 is 0 Å². The Bertz CT molecular complexity index is 243. The van der Waals surface area contributed by atoms with E-state index in [0.29, 0.717) is 0 Å². The summed E-state index contributed by atoms with van der Waals surface area (Å²) in [5, 5.41) is 5.68. The molecule has 0 bridgehead atoms. The van der Waals surface area contributed by atoms with E-state index in [4.69, 9.17) is 0 Å². The third-order valence-electron chi connectivity index (χ3n) is 3.04. The van der Waals surface area contributed by atoms with Crippen LogP contribution in [0.2, 0.25) is 0 Å². The van der Waals surface area contributed by atoms with Gasteiger partial charge in [-0.3, -0.25) is 0 Å². The number of rotatable bonds is 2. The molecule has 1 nitrogen and oxygen atoms in total. The molecule has 1 saturated heterocycles. The van der Waals surface area contributed by atoms with Gasteiger partial charge in [0.25, 0.3) is 0 Å². The van der Waals surface area contributed by atoms with Crippen molar-refractivity contribution in [1.29, 1.82) is 0 Å². The van der Waals surface area contributed by atoms with Crippen molar-refractivity contribution in [1.82, 2.24) is 5.32 Å². The number of hydrogen-bond donors (Lipinski definition) is 1. The van der Waals surface area contributed by atoms with Crippen LogP contribution in [0.15, 0.2) is 17.5 Å². The van der Waals surface area contributed by atoms with Crippen molar-refractivity contribution in [3.8, 4) is 0 Å². The van der Waals surface area contributed by atoms with Crippen LogP contribution in [0.3, 0.4) is 0 Å². The molecule has 0 aliphatic carbocycles. The summed E-state index contributed by atoms with van der Waals surface area (Å²) in [6, 6.07) is 4.47. The lowest BCUT2D eigenvalue weighted by Crippen LogP contribution is -2.34. The molecule has 72 valence electrons. The van der Waals surface area contributed by atoms with E-state index in [9.17, 15) is 0 Å². The van der Waals surface area contributed by atoms with Crippen molar-refractivity contribution in [3.63, 3.8) is 0 Å². The van der Waals surface area contributed by atoms with Crippen LogP contribution in [0.5, 0.6) is 0 Å². The predicted molar refractivity (Wildman–Crippen MR) is 58.3 cm³/mol. The Balaban J connectivity index is 2.11. The van der Waals surface area contributed by atoms with E-state index in [1.807, 2.05) is 11.3 Å². The van der Waals surface area contributed by atoms with Gasteiger partial charge in [0.2, 0.25) is 0 Å². The maximum absolute atomic E-state index is 3.48. The minimum atomic E-state index is 0.825. The fourth-order valence-electron chi connectivity index (χ4n) is 2.23. The van der Waals surface area contributed by atoms with Gasteiger partial charge in [-0.1, -0.05) is 19.4 Å². The Kier molecular flexibility index (Phi) is 3.01. The molecule has 2 atom stereocenters. The molecule has 0 amide bonds. The van der Waals surface area contributed by atoms with Crippen molar-refractivity contribution in [2.24, 2.45) is 5.92 Å². The highest BCUT2D eigenvalue weighted by Crippen LogP contribution is 2.34. The Morgan fingerprint density at radius 3 is 3.23 bits per heavy atom. The van der Waals surface area contributed by atoms with E-state index in [-0.39, 0.29) is 0 Å². The second kappa shape index (κ2) is 4.25. The Morgan fingerprint density at radius 1 is 1.62 bits per heavy atom. The third kappa shape index (κ3) is 1.94. The molecular weight excluding hydrogens is 178 g/mol. The smallest absolute Gasteiger partial charge is 0.00799 e. The topological polar surface area (TPSA) is 12.0 Å². The summed E-state index contributed by atoms with van der Waals surface area (Å²) in [5.74, 6) is 1.68. The first-order valence-electron chi connectivity index (χ1n) is 5.16. The standard InChI is InChI=1S/C11H17NS/c1-2-9-8-12-6-5-10(9)11-4-3-7-13-11/h3-4,7,9-10,12H,2,5-6,8H2,1H3. The highest BCUT2D eigenvalue weighted by molar-refractivity contribution is 7.10. The zero-order valence-electron chi connectivity index (χ0n) is 8.12. The summed E-state index contributed by atoms with van der Waals surface area (Å²) in [4.78, 5) is 1.59. The molecule has 0 spiro atoms. The van der Waals surface area contributed by atoms with Crippen molar-refractivity contribution in [3.05, 3.63) is 22.4 Å². The molecule has 2 heterocycles. The lowest BCUT2D eigenvalue weighted by atomic mass is 9.84. The molecule has 1 fully saturated rings. The van der Waals surface area contributed by atoms with Crippen LogP contribution < -0.4 is 5.32 Å². The average Bonchev–Trinajstić information content (AvgIpc) is 2.70. The fourth-order valence-corrected chi connectivity index (χ4v) is 3.19. The Hall–Kier alpha value is -0.340. The van der Waals surface area contributed by atoms with Gasteiger partial charge in [-0.2, -0.15) is 0 Å². The molecule has 1 aromatic heterocycles.